The zero-order valence-electron chi connectivity index (χ0n) is 26.5. The van der Waals surface area contributed by atoms with Gasteiger partial charge in [-0.2, -0.15) is 0 Å². The van der Waals surface area contributed by atoms with Crippen molar-refractivity contribution in [2.75, 3.05) is 7.11 Å². The van der Waals surface area contributed by atoms with Crippen molar-refractivity contribution in [3.05, 3.63) is 0 Å². The second-order valence-electron chi connectivity index (χ2n) is 16.3. The summed E-state index contributed by atoms with van der Waals surface area (Å²) >= 11 is 0. The molecule has 0 radical (unpaired) electrons. The predicted octanol–water partition coefficient (Wildman–Crippen LogP) is 8.67. The van der Waals surface area contributed by atoms with E-state index in [9.17, 15) is 4.79 Å². The Morgan fingerprint density at radius 3 is 2.13 bits per heavy atom. The molecule has 220 valence electrons. The van der Waals surface area contributed by atoms with Crippen molar-refractivity contribution in [2.24, 2.45) is 46.3 Å². The third kappa shape index (κ3) is 6.33. The summed E-state index contributed by atoms with van der Waals surface area (Å²) in [6.07, 6.45) is 14.1. The molecule has 4 rings (SSSR count). The van der Waals surface area contributed by atoms with E-state index in [0.717, 1.165) is 36.5 Å². The van der Waals surface area contributed by atoms with E-state index < -0.39 is 16.6 Å². The van der Waals surface area contributed by atoms with Crippen molar-refractivity contribution in [3.63, 3.8) is 0 Å². The fourth-order valence-electron chi connectivity index (χ4n) is 10.2. The molecule has 38 heavy (non-hydrogen) atoms. The Morgan fingerprint density at radius 2 is 1.50 bits per heavy atom. The van der Waals surface area contributed by atoms with Gasteiger partial charge in [-0.15, -0.1) is 0 Å². The van der Waals surface area contributed by atoms with Crippen molar-refractivity contribution in [1.29, 1.82) is 0 Å². The molecule has 0 bridgehead atoms. The molecular weight excluding hydrogens is 505 g/mol. The zero-order chi connectivity index (χ0) is 28.1. The fourth-order valence-corrected chi connectivity index (χ4v) is 12.6. The molecule has 0 N–H and O–H groups in total. The summed E-state index contributed by atoms with van der Waals surface area (Å²) in [7, 11) is -1.69. The summed E-state index contributed by atoms with van der Waals surface area (Å²) in [5.41, 5.74) is 0.850. The summed E-state index contributed by atoms with van der Waals surface area (Å²) in [6, 6.07) is 0. The van der Waals surface area contributed by atoms with Crippen molar-refractivity contribution in [3.8, 4) is 0 Å². The number of fused-ring (bicyclic) bond motifs is 5. The van der Waals surface area contributed by atoms with Crippen LogP contribution in [0.1, 0.15) is 91.4 Å². The zero-order valence-corrected chi connectivity index (χ0v) is 28.5. The lowest BCUT2D eigenvalue weighted by Gasteiger charge is -2.64. The van der Waals surface area contributed by atoms with E-state index in [1.807, 2.05) is 0 Å². The van der Waals surface area contributed by atoms with Crippen LogP contribution in [0.25, 0.3) is 0 Å². The molecule has 0 aromatic carbocycles. The number of ether oxygens (including phenoxy) is 1. The van der Waals surface area contributed by atoms with Crippen LogP contribution in [0.2, 0.25) is 39.3 Å². The Hall–Kier alpha value is -0.176. The number of carbonyl (C=O) groups excluding carboxylic acids is 1. The molecule has 0 aromatic rings. The van der Waals surface area contributed by atoms with Gasteiger partial charge in [-0.3, -0.25) is 4.79 Å². The first kappa shape index (κ1) is 30.8. The van der Waals surface area contributed by atoms with Crippen molar-refractivity contribution >= 4 is 22.6 Å². The molecular formula is C32H60O4Si2. The maximum absolute atomic E-state index is 11.7. The van der Waals surface area contributed by atoms with E-state index in [-0.39, 0.29) is 5.97 Å². The van der Waals surface area contributed by atoms with Crippen LogP contribution in [0.15, 0.2) is 0 Å². The monoisotopic (exact) mass is 564 g/mol. The lowest BCUT2D eigenvalue weighted by molar-refractivity contribution is -0.168. The van der Waals surface area contributed by atoms with Gasteiger partial charge in [0.2, 0.25) is 0 Å². The van der Waals surface area contributed by atoms with Crippen molar-refractivity contribution in [2.45, 2.75) is 143 Å². The topological polar surface area (TPSA) is 44.8 Å². The maximum atomic E-state index is 11.7. The highest BCUT2D eigenvalue weighted by molar-refractivity contribution is 6.70. The van der Waals surface area contributed by atoms with Gasteiger partial charge in [-0.05, 0) is 150 Å². The molecule has 10 atom stereocenters. The number of carbonyl (C=O) groups is 1. The molecule has 4 aliphatic carbocycles. The molecule has 4 fully saturated rings. The summed E-state index contributed by atoms with van der Waals surface area (Å²) in [4.78, 5) is 11.7. The van der Waals surface area contributed by atoms with Gasteiger partial charge in [0.05, 0.1) is 7.11 Å². The van der Waals surface area contributed by atoms with Crippen LogP contribution < -0.4 is 0 Å². The summed E-state index contributed by atoms with van der Waals surface area (Å²) < 4.78 is 18.8. The second-order valence-corrected chi connectivity index (χ2v) is 25.2. The van der Waals surface area contributed by atoms with E-state index in [1.165, 1.54) is 58.5 Å². The summed E-state index contributed by atoms with van der Waals surface area (Å²) in [5, 5.41) is 0. The van der Waals surface area contributed by atoms with Gasteiger partial charge in [0.15, 0.2) is 16.6 Å². The Kier molecular flexibility index (Phi) is 9.11. The highest BCUT2D eigenvalue weighted by Crippen LogP contribution is 2.69. The Bertz CT molecular complexity index is 834. The minimum Gasteiger partial charge on any atom is -0.469 e. The summed E-state index contributed by atoms with van der Waals surface area (Å²) in [6.45, 7) is 22.0. The van der Waals surface area contributed by atoms with Crippen LogP contribution in [0.3, 0.4) is 0 Å². The molecule has 0 aromatic heterocycles. The van der Waals surface area contributed by atoms with Crippen LogP contribution in [-0.2, 0) is 18.4 Å². The molecule has 0 saturated heterocycles. The van der Waals surface area contributed by atoms with E-state index in [0.29, 0.717) is 41.3 Å². The average molecular weight is 565 g/mol. The first-order valence-corrected chi connectivity index (χ1v) is 22.8. The molecule has 6 heteroatoms. The SMILES string of the molecule is COC(=O)CCCC(C)C1CCC2C3C(O[Si](C)(C)C)C[C@@H]4C[C@H](O[Si](C)(C)C)CCC4(C)C3CCC12C. The van der Waals surface area contributed by atoms with Gasteiger partial charge < -0.3 is 13.6 Å². The second kappa shape index (κ2) is 11.2. The molecule has 4 saturated carbocycles. The Balaban J connectivity index is 1.55. The van der Waals surface area contributed by atoms with Gasteiger partial charge in [-0.1, -0.05) is 20.8 Å². The fraction of sp³-hybridized carbons (Fsp3) is 0.969. The number of esters is 1. The van der Waals surface area contributed by atoms with Gasteiger partial charge in [-0.25, -0.2) is 0 Å². The van der Waals surface area contributed by atoms with E-state index in [2.05, 4.69) is 60.1 Å². The predicted molar refractivity (Wildman–Crippen MR) is 162 cm³/mol. The van der Waals surface area contributed by atoms with Crippen LogP contribution >= 0.6 is 0 Å². The molecule has 0 spiro atoms. The maximum Gasteiger partial charge on any atom is 0.305 e. The van der Waals surface area contributed by atoms with Gasteiger partial charge in [0, 0.05) is 18.6 Å². The smallest absolute Gasteiger partial charge is 0.305 e. The minimum atomic E-state index is -1.66. The number of hydrogen-bond acceptors (Lipinski definition) is 4. The molecule has 0 aliphatic heterocycles. The number of rotatable bonds is 9. The quantitative estimate of drug-likeness (QED) is 0.208. The van der Waals surface area contributed by atoms with Crippen molar-refractivity contribution in [1.82, 2.24) is 0 Å². The summed E-state index contributed by atoms with van der Waals surface area (Å²) in [5.74, 6) is 4.40. The highest BCUT2D eigenvalue weighted by Gasteiger charge is 2.63. The number of methoxy groups -OCH3 is 1. The van der Waals surface area contributed by atoms with E-state index in [4.69, 9.17) is 13.6 Å². The van der Waals surface area contributed by atoms with Crippen LogP contribution in [-0.4, -0.2) is 41.9 Å². The molecule has 0 amide bonds. The van der Waals surface area contributed by atoms with E-state index >= 15 is 0 Å². The van der Waals surface area contributed by atoms with Gasteiger partial charge in [0.25, 0.3) is 0 Å². The minimum absolute atomic E-state index is 0.0606. The molecule has 4 aliphatic rings. The largest absolute Gasteiger partial charge is 0.469 e. The molecule has 0 heterocycles. The molecule has 8 unspecified atom stereocenters. The first-order valence-electron chi connectivity index (χ1n) is 16.0. The van der Waals surface area contributed by atoms with Crippen molar-refractivity contribution < 1.29 is 18.4 Å². The normalized spacial score (nSPS) is 42.1. The van der Waals surface area contributed by atoms with Gasteiger partial charge >= 0.3 is 5.97 Å². The van der Waals surface area contributed by atoms with Crippen LogP contribution in [0.5, 0.6) is 0 Å². The lowest BCUT2D eigenvalue weighted by atomic mass is 9.43. The first-order chi connectivity index (χ1) is 17.6. The van der Waals surface area contributed by atoms with Crippen LogP contribution in [0.4, 0.5) is 0 Å². The molecule has 4 nitrogen and oxygen atoms in total. The van der Waals surface area contributed by atoms with Gasteiger partial charge in [0.1, 0.15) is 0 Å². The van der Waals surface area contributed by atoms with E-state index in [1.54, 1.807) is 0 Å². The third-order valence-electron chi connectivity index (χ3n) is 11.7. The lowest BCUT2D eigenvalue weighted by Crippen LogP contribution is -2.60. The van der Waals surface area contributed by atoms with Crippen LogP contribution in [0, 0.1) is 46.3 Å². The highest BCUT2D eigenvalue weighted by atomic mass is 28.4. The Labute approximate surface area is 237 Å². The number of hydrogen-bond donors (Lipinski definition) is 0. The Morgan fingerprint density at radius 1 is 0.868 bits per heavy atom. The average Bonchev–Trinajstić information content (AvgIpc) is 3.15. The standard InChI is InChI=1S/C32H60O4Si2/c1-22(12-11-13-29(33)34-4)25-14-15-26-30-27(17-19-32(25,26)3)31(2)18-16-24(35-37(5,6)7)20-23(31)21-28(30)36-38(8,9)10/h22-28,30H,11-21H2,1-10H3/t22?,23-,24+,25?,26?,27?,28?,30?,31?,32?/m0/s1. The third-order valence-corrected chi connectivity index (χ3v) is 13.7.